The molecule has 0 fully saturated rings. The lowest BCUT2D eigenvalue weighted by Crippen LogP contribution is -2.27. The van der Waals surface area contributed by atoms with Crippen LogP contribution in [0.5, 0.6) is 0 Å². The molecule has 7 nitrogen and oxygen atoms in total. The molecule has 20 heavy (non-hydrogen) atoms. The zero-order valence-corrected chi connectivity index (χ0v) is 11.3. The maximum Gasteiger partial charge on any atom is 0.306 e. The van der Waals surface area contributed by atoms with Gasteiger partial charge in [-0.1, -0.05) is 13.0 Å². The highest BCUT2D eigenvalue weighted by Gasteiger charge is 2.15. The summed E-state index contributed by atoms with van der Waals surface area (Å²) in [5.41, 5.74) is 0.696. The third kappa shape index (κ3) is 4.04. The van der Waals surface area contributed by atoms with Gasteiger partial charge < -0.3 is 10.4 Å². The zero-order valence-electron chi connectivity index (χ0n) is 11.3. The van der Waals surface area contributed by atoms with Crippen molar-refractivity contribution in [3.63, 3.8) is 0 Å². The van der Waals surface area contributed by atoms with Crippen LogP contribution in [0.25, 0.3) is 0 Å². The molecule has 0 saturated carbocycles. The van der Waals surface area contributed by atoms with Gasteiger partial charge in [-0.15, -0.1) is 0 Å². The Kier molecular flexibility index (Phi) is 5.19. The van der Waals surface area contributed by atoms with Crippen LogP contribution < -0.4 is 5.32 Å². The lowest BCUT2D eigenvalue weighted by atomic mass is 10.1. The average molecular weight is 280 g/mol. The Morgan fingerprint density at radius 1 is 1.45 bits per heavy atom. The summed E-state index contributed by atoms with van der Waals surface area (Å²) in [6.45, 7) is 3.43. The molecule has 0 aliphatic heterocycles. The van der Waals surface area contributed by atoms with E-state index in [1.54, 1.807) is 13.8 Å². The van der Waals surface area contributed by atoms with E-state index in [1.807, 2.05) is 0 Å². The van der Waals surface area contributed by atoms with E-state index < -0.39 is 22.7 Å². The van der Waals surface area contributed by atoms with Crippen molar-refractivity contribution >= 4 is 17.6 Å². The van der Waals surface area contributed by atoms with Gasteiger partial charge in [-0.2, -0.15) is 0 Å². The lowest BCUT2D eigenvalue weighted by Gasteiger charge is -2.09. The van der Waals surface area contributed by atoms with Gasteiger partial charge in [0.05, 0.1) is 10.8 Å². The van der Waals surface area contributed by atoms with Crippen LogP contribution in [0.4, 0.5) is 5.69 Å². The molecule has 1 aromatic carbocycles. The first-order valence-electron chi connectivity index (χ1n) is 6.09. The van der Waals surface area contributed by atoms with E-state index >= 15 is 0 Å². The number of nitrogens with zero attached hydrogens (tertiary/aromatic N) is 1. The SMILES string of the molecule is Cc1ccc([N+](=O)[O-])cc1C(=O)NCCC(C)C(=O)O. The molecule has 2 N–H and O–H groups in total. The maximum atomic E-state index is 11.9. The molecule has 1 atom stereocenters. The van der Waals surface area contributed by atoms with Crippen molar-refractivity contribution in [1.82, 2.24) is 5.32 Å². The van der Waals surface area contributed by atoms with Crippen LogP contribution in [0, 0.1) is 23.0 Å². The zero-order chi connectivity index (χ0) is 15.3. The first-order valence-corrected chi connectivity index (χ1v) is 6.09. The number of nitro groups is 1. The average Bonchev–Trinajstić information content (AvgIpc) is 2.38. The number of rotatable bonds is 6. The molecule has 7 heteroatoms. The third-order valence-corrected chi connectivity index (χ3v) is 2.96. The predicted molar refractivity (Wildman–Crippen MR) is 71.6 cm³/mol. The Bertz CT molecular complexity index is 542. The minimum Gasteiger partial charge on any atom is -0.481 e. The van der Waals surface area contributed by atoms with E-state index in [4.69, 9.17) is 5.11 Å². The fourth-order valence-corrected chi connectivity index (χ4v) is 1.59. The molecule has 1 unspecified atom stereocenters. The highest BCUT2D eigenvalue weighted by atomic mass is 16.6. The van der Waals surface area contributed by atoms with Crippen molar-refractivity contribution in [3.05, 3.63) is 39.4 Å². The molecule has 1 aromatic rings. The van der Waals surface area contributed by atoms with E-state index in [-0.39, 0.29) is 17.8 Å². The number of non-ortho nitro benzene ring substituents is 1. The van der Waals surface area contributed by atoms with Crippen molar-refractivity contribution in [3.8, 4) is 0 Å². The summed E-state index contributed by atoms with van der Waals surface area (Å²) in [6.07, 6.45) is 0.301. The van der Waals surface area contributed by atoms with Crippen LogP contribution in [-0.2, 0) is 4.79 Å². The van der Waals surface area contributed by atoms with Crippen molar-refractivity contribution < 1.29 is 19.6 Å². The first kappa shape index (κ1) is 15.6. The van der Waals surface area contributed by atoms with Gasteiger partial charge in [-0.25, -0.2) is 0 Å². The third-order valence-electron chi connectivity index (χ3n) is 2.96. The molecule has 1 amide bonds. The van der Waals surface area contributed by atoms with Gasteiger partial charge in [-0.05, 0) is 18.9 Å². The summed E-state index contributed by atoms with van der Waals surface area (Å²) in [6, 6.07) is 4.05. The number of hydrogen-bond donors (Lipinski definition) is 2. The summed E-state index contributed by atoms with van der Waals surface area (Å²) in [7, 11) is 0. The minimum absolute atomic E-state index is 0.153. The van der Waals surface area contributed by atoms with E-state index in [0.29, 0.717) is 12.0 Å². The quantitative estimate of drug-likeness (QED) is 0.609. The minimum atomic E-state index is -0.925. The Labute approximate surface area is 115 Å². The molecule has 0 bridgehead atoms. The normalized spacial score (nSPS) is 11.7. The van der Waals surface area contributed by atoms with E-state index in [1.165, 1.54) is 18.2 Å². The number of nitrogens with one attached hydrogen (secondary N) is 1. The summed E-state index contributed by atoms with van der Waals surface area (Å²) in [5, 5.41) is 22.0. The van der Waals surface area contributed by atoms with Gasteiger partial charge in [0.25, 0.3) is 11.6 Å². The number of carboxylic acids is 1. The Hall–Kier alpha value is -2.44. The number of hydrogen-bond acceptors (Lipinski definition) is 4. The number of amides is 1. The number of aryl methyl sites for hydroxylation is 1. The number of benzene rings is 1. The fraction of sp³-hybridized carbons (Fsp3) is 0.385. The summed E-state index contributed by atoms with van der Waals surface area (Å²) in [4.78, 5) is 32.6. The van der Waals surface area contributed by atoms with Crippen molar-refractivity contribution in [1.29, 1.82) is 0 Å². The van der Waals surface area contributed by atoms with Gasteiger partial charge in [0.2, 0.25) is 0 Å². The topological polar surface area (TPSA) is 110 Å². The number of nitro benzene ring substituents is 1. The molecule has 0 saturated heterocycles. The summed E-state index contributed by atoms with van der Waals surface area (Å²) in [5.74, 6) is -1.92. The highest BCUT2D eigenvalue weighted by Crippen LogP contribution is 2.17. The van der Waals surface area contributed by atoms with E-state index in [2.05, 4.69) is 5.32 Å². The van der Waals surface area contributed by atoms with Gasteiger partial charge in [0.15, 0.2) is 0 Å². The van der Waals surface area contributed by atoms with Crippen LogP contribution >= 0.6 is 0 Å². The monoisotopic (exact) mass is 280 g/mol. The molecular weight excluding hydrogens is 264 g/mol. The number of aliphatic carboxylic acids is 1. The second-order valence-electron chi connectivity index (χ2n) is 4.54. The molecule has 0 aliphatic carbocycles. The van der Waals surface area contributed by atoms with Crippen LogP contribution in [0.2, 0.25) is 0 Å². The van der Waals surface area contributed by atoms with E-state index in [0.717, 1.165) is 0 Å². The largest absolute Gasteiger partial charge is 0.481 e. The first-order chi connectivity index (χ1) is 9.32. The summed E-state index contributed by atoms with van der Waals surface area (Å²) >= 11 is 0. The number of carbonyl (C=O) groups is 2. The lowest BCUT2D eigenvalue weighted by molar-refractivity contribution is -0.384. The highest BCUT2D eigenvalue weighted by molar-refractivity contribution is 5.96. The second-order valence-corrected chi connectivity index (χ2v) is 4.54. The van der Waals surface area contributed by atoms with Gasteiger partial charge in [-0.3, -0.25) is 19.7 Å². The molecule has 0 heterocycles. The maximum absolute atomic E-state index is 11.9. The Balaban J connectivity index is 2.70. The van der Waals surface area contributed by atoms with Gasteiger partial charge in [0, 0.05) is 24.2 Å². The summed E-state index contributed by atoms with van der Waals surface area (Å²) < 4.78 is 0. The molecule has 0 aromatic heterocycles. The molecule has 0 spiro atoms. The van der Waals surface area contributed by atoms with Crippen LogP contribution in [-0.4, -0.2) is 28.5 Å². The molecule has 108 valence electrons. The smallest absolute Gasteiger partial charge is 0.306 e. The molecular formula is C13H16N2O5. The van der Waals surface area contributed by atoms with Crippen LogP contribution in [0.3, 0.4) is 0 Å². The van der Waals surface area contributed by atoms with Crippen LogP contribution in [0.15, 0.2) is 18.2 Å². The van der Waals surface area contributed by atoms with Crippen molar-refractivity contribution in [2.45, 2.75) is 20.3 Å². The predicted octanol–water partition coefficient (Wildman–Crippen LogP) is 1.74. The van der Waals surface area contributed by atoms with E-state index in [9.17, 15) is 19.7 Å². The van der Waals surface area contributed by atoms with Crippen molar-refractivity contribution in [2.24, 2.45) is 5.92 Å². The molecule has 1 rings (SSSR count). The van der Waals surface area contributed by atoms with Gasteiger partial charge in [0.1, 0.15) is 0 Å². The van der Waals surface area contributed by atoms with Gasteiger partial charge >= 0.3 is 5.97 Å². The number of carbonyl (C=O) groups excluding carboxylic acids is 1. The standard InChI is InChI=1S/C13H16N2O5/c1-8-3-4-10(15(19)20)7-11(8)12(16)14-6-5-9(2)13(17)18/h3-4,7,9H,5-6H2,1-2H3,(H,14,16)(H,17,18). The second kappa shape index (κ2) is 6.65. The fourth-order valence-electron chi connectivity index (χ4n) is 1.59. The van der Waals surface area contributed by atoms with Crippen LogP contribution in [0.1, 0.15) is 29.3 Å². The molecule has 0 radical (unpaired) electrons. The Morgan fingerprint density at radius 3 is 2.65 bits per heavy atom. The van der Waals surface area contributed by atoms with Crippen molar-refractivity contribution in [2.75, 3.05) is 6.54 Å². The number of carboxylic acid groups (broad SMARTS) is 1. The molecule has 0 aliphatic rings. The Morgan fingerprint density at radius 2 is 2.10 bits per heavy atom.